The molecule has 1 aliphatic carbocycles. The number of rotatable bonds is 2. The van der Waals surface area contributed by atoms with Crippen LogP contribution in [0.1, 0.15) is 25.7 Å². The predicted molar refractivity (Wildman–Crippen MR) is 54.2 cm³/mol. The first-order valence-electron chi connectivity index (χ1n) is 5.39. The Labute approximate surface area is 88.6 Å². The Kier molecular flexibility index (Phi) is 2.75. The second-order valence-corrected chi connectivity index (χ2v) is 4.18. The molecule has 1 amide bonds. The summed E-state index contributed by atoms with van der Waals surface area (Å²) in [6, 6.07) is 0.0129. The van der Waals surface area contributed by atoms with Gasteiger partial charge in [0, 0.05) is 13.0 Å². The fourth-order valence-electron chi connectivity index (χ4n) is 2.27. The summed E-state index contributed by atoms with van der Waals surface area (Å²) in [4.78, 5) is 24.2. The van der Waals surface area contributed by atoms with E-state index in [1.165, 1.54) is 0 Å². The van der Waals surface area contributed by atoms with Gasteiger partial charge in [-0.3, -0.25) is 9.59 Å². The van der Waals surface area contributed by atoms with Crippen LogP contribution in [0.25, 0.3) is 0 Å². The van der Waals surface area contributed by atoms with Crippen LogP contribution in [0.5, 0.6) is 0 Å². The number of carbonyl (C=O) groups excluding carboxylic acids is 1. The van der Waals surface area contributed by atoms with Crippen LogP contribution in [0.2, 0.25) is 0 Å². The number of amides is 1. The standard InChI is InChI=1S/C11H15NO3/c13-10-3-1-2-6-12(10)9-5-4-8(7-9)11(14)15/h4-5,8-9H,1-3,6-7H2,(H,14,15). The molecule has 0 spiro atoms. The number of aliphatic carboxylic acids is 1. The molecule has 1 fully saturated rings. The van der Waals surface area contributed by atoms with E-state index in [1.807, 2.05) is 11.0 Å². The van der Waals surface area contributed by atoms with Crippen molar-refractivity contribution in [3.8, 4) is 0 Å². The largest absolute Gasteiger partial charge is 0.481 e. The van der Waals surface area contributed by atoms with E-state index < -0.39 is 11.9 Å². The summed E-state index contributed by atoms with van der Waals surface area (Å²) in [5.41, 5.74) is 0. The Morgan fingerprint density at radius 2 is 2.20 bits per heavy atom. The molecular weight excluding hydrogens is 194 g/mol. The van der Waals surface area contributed by atoms with E-state index in [1.54, 1.807) is 6.08 Å². The average Bonchev–Trinajstić information content (AvgIpc) is 2.67. The van der Waals surface area contributed by atoms with Crippen molar-refractivity contribution in [1.82, 2.24) is 4.90 Å². The van der Waals surface area contributed by atoms with Crippen molar-refractivity contribution < 1.29 is 14.7 Å². The van der Waals surface area contributed by atoms with Crippen LogP contribution in [0.4, 0.5) is 0 Å². The van der Waals surface area contributed by atoms with Gasteiger partial charge in [-0.25, -0.2) is 0 Å². The topological polar surface area (TPSA) is 57.6 Å². The molecule has 1 N–H and O–H groups in total. The van der Waals surface area contributed by atoms with Gasteiger partial charge >= 0.3 is 5.97 Å². The average molecular weight is 209 g/mol. The van der Waals surface area contributed by atoms with E-state index in [-0.39, 0.29) is 11.9 Å². The lowest BCUT2D eigenvalue weighted by Gasteiger charge is -2.31. The van der Waals surface area contributed by atoms with Gasteiger partial charge in [0.15, 0.2) is 0 Å². The Morgan fingerprint density at radius 1 is 1.40 bits per heavy atom. The van der Waals surface area contributed by atoms with E-state index in [9.17, 15) is 9.59 Å². The van der Waals surface area contributed by atoms with Gasteiger partial charge < -0.3 is 10.0 Å². The number of piperidine rings is 1. The predicted octanol–water partition coefficient (Wildman–Crippen LogP) is 1.03. The third kappa shape index (κ3) is 2.03. The maximum atomic E-state index is 11.6. The number of carboxylic acids is 1. The molecule has 1 saturated heterocycles. The molecule has 0 aromatic heterocycles. The second kappa shape index (κ2) is 4.04. The third-order valence-corrected chi connectivity index (χ3v) is 3.14. The highest BCUT2D eigenvalue weighted by Gasteiger charge is 2.31. The van der Waals surface area contributed by atoms with Crippen LogP contribution in [0.15, 0.2) is 12.2 Å². The molecule has 2 atom stereocenters. The smallest absolute Gasteiger partial charge is 0.310 e. The van der Waals surface area contributed by atoms with E-state index in [4.69, 9.17) is 5.11 Å². The molecule has 4 heteroatoms. The number of nitrogens with zero attached hydrogens (tertiary/aromatic N) is 1. The Hall–Kier alpha value is -1.32. The monoisotopic (exact) mass is 209 g/mol. The first-order valence-corrected chi connectivity index (χ1v) is 5.39. The minimum Gasteiger partial charge on any atom is -0.481 e. The lowest BCUT2D eigenvalue weighted by atomic mass is 10.0. The first-order chi connectivity index (χ1) is 7.18. The van der Waals surface area contributed by atoms with E-state index in [0.29, 0.717) is 12.8 Å². The molecule has 0 bridgehead atoms. The fourth-order valence-corrected chi connectivity index (χ4v) is 2.27. The Morgan fingerprint density at radius 3 is 2.80 bits per heavy atom. The lowest BCUT2D eigenvalue weighted by molar-refractivity contribution is -0.141. The quantitative estimate of drug-likeness (QED) is 0.691. The highest BCUT2D eigenvalue weighted by molar-refractivity contribution is 5.78. The molecule has 0 radical (unpaired) electrons. The fraction of sp³-hybridized carbons (Fsp3) is 0.636. The molecule has 2 rings (SSSR count). The molecule has 15 heavy (non-hydrogen) atoms. The molecule has 4 nitrogen and oxygen atoms in total. The van der Waals surface area contributed by atoms with E-state index in [0.717, 1.165) is 19.4 Å². The van der Waals surface area contributed by atoms with Gasteiger partial charge in [-0.2, -0.15) is 0 Å². The maximum Gasteiger partial charge on any atom is 0.310 e. The van der Waals surface area contributed by atoms with Gasteiger partial charge in [0.2, 0.25) is 5.91 Å². The van der Waals surface area contributed by atoms with Crippen molar-refractivity contribution in [2.75, 3.05) is 6.54 Å². The maximum absolute atomic E-state index is 11.6. The van der Waals surface area contributed by atoms with Gasteiger partial charge in [-0.15, -0.1) is 0 Å². The number of hydrogen-bond donors (Lipinski definition) is 1. The van der Waals surface area contributed by atoms with Crippen molar-refractivity contribution in [2.45, 2.75) is 31.7 Å². The number of carboxylic acid groups (broad SMARTS) is 1. The minimum atomic E-state index is -0.793. The lowest BCUT2D eigenvalue weighted by Crippen LogP contribution is -2.42. The summed E-state index contributed by atoms with van der Waals surface area (Å²) in [5, 5.41) is 8.84. The molecule has 2 aliphatic rings. The summed E-state index contributed by atoms with van der Waals surface area (Å²) in [6.45, 7) is 0.778. The number of likely N-dealkylation sites (tertiary alicyclic amines) is 1. The van der Waals surface area contributed by atoms with Crippen LogP contribution in [0, 0.1) is 5.92 Å². The normalized spacial score (nSPS) is 30.9. The molecule has 2 unspecified atom stereocenters. The number of carbonyl (C=O) groups is 2. The summed E-state index contributed by atoms with van der Waals surface area (Å²) in [7, 11) is 0. The highest BCUT2D eigenvalue weighted by atomic mass is 16.4. The molecule has 1 heterocycles. The summed E-state index contributed by atoms with van der Waals surface area (Å²) in [5.74, 6) is -1.04. The van der Waals surface area contributed by atoms with Crippen molar-refractivity contribution in [1.29, 1.82) is 0 Å². The zero-order valence-electron chi connectivity index (χ0n) is 8.56. The van der Waals surface area contributed by atoms with Crippen LogP contribution < -0.4 is 0 Å². The van der Waals surface area contributed by atoms with Gasteiger partial charge in [0.1, 0.15) is 0 Å². The molecule has 1 aliphatic heterocycles. The van der Waals surface area contributed by atoms with Gasteiger partial charge in [-0.1, -0.05) is 12.2 Å². The Bertz CT molecular complexity index is 311. The van der Waals surface area contributed by atoms with Crippen LogP contribution >= 0.6 is 0 Å². The summed E-state index contributed by atoms with van der Waals surface area (Å²) >= 11 is 0. The van der Waals surface area contributed by atoms with Gasteiger partial charge in [-0.05, 0) is 19.3 Å². The summed E-state index contributed by atoms with van der Waals surface area (Å²) in [6.07, 6.45) is 6.72. The van der Waals surface area contributed by atoms with Crippen LogP contribution in [0.3, 0.4) is 0 Å². The zero-order valence-corrected chi connectivity index (χ0v) is 8.56. The SMILES string of the molecule is O=C(O)C1C=CC(N2CCCCC2=O)C1. The molecular formula is C11H15NO3. The molecule has 0 aromatic carbocycles. The highest BCUT2D eigenvalue weighted by Crippen LogP contribution is 2.25. The molecule has 82 valence electrons. The van der Waals surface area contributed by atoms with Crippen LogP contribution in [-0.4, -0.2) is 34.5 Å². The number of hydrogen-bond acceptors (Lipinski definition) is 2. The van der Waals surface area contributed by atoms with Crippen molar-refractivity contribution in [2.24, 2.45) is 5.92 Å². The summed E-state index contributed by atoms with van der Waals surface area (Å²) < 4.78 is 0. The van der Waals surface area contributed by atoms with Gasteiger partial charge in [0.05, 0.1) is 12.0 Å². The van der Waals surface area contributed by atoms with Crippen LogP contribution in [-0.2, 0) is 9.59 Å². The molecule has 0 saturated carbocycles. The minimum absolute atomic E-state index is 0.0129. The second-order valence-electron chi connectivity index (χ2n) is 4.18. The van der Waals surface area contributed by atoms with E-state index in [2.05, 4.69) is 0 Å². The zero-order chi connectivity index (χ0) is 10.8. The van der Waals surface area contributed by atoms with Crippen molar-refractivity contribution in [3.63, 3.8) is 0 Å². The van der Waals surface area contributed by atoms with Crippen molar-refractivity contribution >= 4 is 11.9 Å². The van der Waals surface area contributed by atoms with Crippen molar-refractivity contribution in [3.05, 3.63) is 12.2 Å². The van der Waals surface area contributed by atoms with E-state index >= 15 is 0 Å². The molecule has 0 aromatic rings. The first kappa shape index (κ1) is 10.2. The van der Waals surface area contributed by atoms with Gasteiger partial charge in [0.25, 0.3) is 0 Å². The third-order valence-electron chi connectivity index (χ3n) is 3.14. The Balaban J connectivity index is 1.98.